The lowest BCUT2D eigenvalue weighted by molar-refractivity contribution is -0.131. The quantitative estimate of drug-likeness (QED) is 0.755. The topological polar surface area (TPSA) is 32.3 Å². The molecule has 0 aromatic carbocycles. The third kappa shape index (κ3) is 2.71. The Bertz CT molecular complexity index is 299. The maximum Gasteiger partial charge on any atom is 0.241 e. The van der Waals surface area contributed by atoms with Gasteiger partial charge in [-0.15, -0.1) is 0 Å². The summed E-state index contributed by atoms with van der Waals surface area (Å²) in [6, 6.07) is 0.0809. The first-order valence-corrected chi connectivity index (χ1v) is 7.72. The highest BCUT2D eigenvalue weighted by molar-refractivity contribution is 5.84. The van der Waals surface area contributed by atoms with Crippen LogP contribution in [0.5, 0.6) is 0 Å². The van der Waals surface area contributed by atoms with Gasteiger partial charge in [-0.1, -0.05) is 33.6 Å². The monoisotopic (exact) mass is 252 g/mol. The summed E-state index contributed by atoms with van der Waals surface area (Å²) in [5.74, 6) is 0.353. The minimum Gasteiger partial charge on any atom is -0.325 e. The molecule has 104 valence electrons. The number of amides is 1. The van der Waals surface area contributed by atoms with Crippen molar-refractivity contribution in [1.29, 1.82) is 0 Å². The Labute approximate surface area is 111 Å². The SMILES string of the molecule is CCCC1NC(CC)N(CC2(CCC)CC2)C1=O. The van der Waals surface area contributed by atoms with Crippen LogP contribution in [0.25, 0.3) is 0 Å². The molecule has 1 aliphatic carbocycles. The second-order valence-electron chi connectivity index (χ2n) is 6.15. The van der Waals surface area contributed by atoms with E-state index in [4.69, 9.17) is 0 Å². The van der Waals surface area contributed by atoms with Crippen LogP contribution in [-0.2, 0) is 4.79 Å². The largest absolute Gasteiger partial charge is 0.325 e. The standard InChI is InChI=1S/C15H28N2O/c1-4-7-12-14(18)17(13(6-3)16-12)11-15(8-5-2)9-10-15/h12-13,16H,4-11H2,1-3H3. The Morgan fingerprint density at radius 3 is 2.50 bits per heavy atom. The van der Waals surface area contributed by atoms with E-state index in [0.29, 0.717) is 11.3 Å². The van der Waals surface area contributed by atoms with Crippen LogP contribution in [0.15, 0.2) is 0 Å². The van der Waals surface area contributed by atoms with Gasteiger partial charge in [0.15, 0.2) is 0 Å². The van der Waals surface area contributed by atoms with Gasteiger partial charge in [0.25, 0.3) is 0 Å². The van der Waals surface area contributed by atoms with Gasteiger partial charge in [-0.2, -0.15) is 0 Å². The van der Waals surface area contributed by atoms with Gasteiger partial charge in [0.1, 0.15) is 0 Å². The van der Waals surface area contributed by atoms with Crippen molar-refractivity contribution in [3.8, 4) is 0 Å². The van der Waals surface area contributed by atoms with Crippen molar-refractivity contribution in [3.63, 3.8) is 0 Å². The van der Waals surface area contributed by atoms with Crippen LogP contribution in [0, 0.1) is 5.41 Å². The summed E-state index contributed by atoms with van der Waals surface area (Å²) in [4.78, 5) is 14.6. The number of carbonyl (C=O) groups is 1. The highest BCUT2D eigenvalue weighted by Crippen LogP contribution is 2.50. The molecule has 3 heteroatoms. The molecule has 1 saturated heterocycles. The van der Waals surface area contributed by atoms with E-state index in [9.17, 15) is 4.79 Å². The van der Waals surface area contributed by atoms with E-state index in [-0.39, 0.29) is 12.2 Å². The second kappa shape index (κ2) is 5.60. The number of rotatable bonds is 7. The van der Waals surface area contributed by atoms with E-state index < -0.39 is 0 Å². The molecule has 0 aromatic rings. The summed E-state index contributed by atoms with van der Waals surface area (Å²) in [5, 5.41) is 3.51. The van der Waals surface area contributed by atoms with E-state index in [2.05, 4.69) is 31.0 Å². The molecule has 2 rings (SSSR count). The third-order valence-corrected chi connectivity index (χ3v) is 4.56. The second-order valence-corrected chi connectivity index (χ2v) is 6.15. The first-order valence-electron chi connectivity index (χ1n) is 7.72. The molecule has 0 radical (unpaired) electrons. The Morgan fingerprint density at radius 1 is 1.28 bits per heavy atom. The number of hydrogen-bond acceptors (Lipinski definition) is 2. The van der Waals surface area contributed by atoms with Gasteiger partial charge in [0.05, 0.1) is 12.2 Å². The fourth-order valence-electron chi connectivity index (χ4n) is 3.32. The summed E-state index contributed by atoms with van der Waals surface area (Å²) in [6.07, 6.45) is 8.52. The van der Waals surface area contributed by atoms with Gasteiger partial charge < -0.3 is 4.90 Å². The number of nitrogens with zero attached hydrogens (tertiary/aromatic N) is 1. The van der Waals surface area contributed by atoms with Crippen LogP contribution in [0.4, 0.5) is 0 Å². The minimum absolute atomic E-state index is 0.0809. The third-order valence-electron chi connectivity index (χ3n) is 4.56. The fourth-order valence-corrected chi connectivity index (χ4v) is 3.32. The lowest BCUT2D eigenvalue weighted by atomic mass is 9.99. The Hall–Kier alpha value is -0.570. The number of carbonyl (C=O) groups excluding carboxylic acids is 1. The van der Waals surface area contributed by atoms with Crippen molar-refractivity contribution in [3.05, 3.63) is 0 Å². The van der Waals surface area contributed by atoms with Crippen molar-refractivity contribution in [2.75, 3.05) is 6.54 Å². The molecule has 1 saturated carbocycles. The van der Waals surface area contributed by atoms with Crippen LogP contribution < -0.4 is 5.32 Å². The first kappa shape index (κ1) is 13.9. The zero-order valence-electron chi connectivity index (χ0n) is 12.2. The molecule has 3 nitrogen and oxygen atoms in total. The predicted octanol–water partition coefficient (Wildman–Crippen LogP) is 2.90. The average Bonchev–Trinajstić information content (AvgIpc) is 3.05. The van der Waals surface area contributed by atoms with Crippen LogP contribution >= 0.6 is 0 Å². The molecule has 0 spiro atoms. The highest BCUT2D eigenvalue weighted by atomic mass is 16.2. The fraction of sp³-hybridized carbons (Fsp3) is 0.933. The van der Waals surface area contributed by atoms with Gasteiger partial charge in [-0.05, 0) is 37.5 Å². The molecule has 1 N–H and O–H groups in total. The molecule has 1 amide bonds. The zero-order chi connectivity index (χ0) is 13.2. The van der Waals surface area contributed by atoms with Gasteiger partial charge in [0.2, 0.25) is 5.91 Å². The molecule has 2 aliphatic rings. The van der Waals surface area contributed by atoms with E-state index in [1.807, 2.05) is 0 Å². The maximum absolute atomic E-state index is 12.4. The smallest absolute Gasteiger partial charge is 0.241 e. The molecule has 2 unspecified atom stereocenters. The summed E-state index contributed by atoms with van der Waals surface area (Å²) >= 11 is 0. The lowest BCUT2D eigenvalue weighted by Gasteiger charge is -2.28. The lowest BCUT2D eigenvalue weighted by Crippen LogP contribution is -2.40. The normalized spacial score (nSPS) is 29.9. The summed E-state index contributed by atoms with van der Waals surface area (Å²) in [5.41, 5.74) is 0.473. The highest BCUT2D eigenvalue weighted by Gasteiger charge is 2.47. The van der Waals surface area contributed by atoms with Crippen LogP contribution in [-0.4, -0.2) is 29.6 Å². The Kier molecular flexibility index (Phi) is 4.31. The molecular weight excluding hydrogens is 224 g/mol. The zero-order valence-corrected chi connectivity index (χ0v) is 12.2. The van der Waals surface area contributed by atoms with Gasteiger partial charge in [0, 0.05) is 6.54 Å². The van der Waals surface area contributed by atoms with Gasteiger partial charge in [-0.3, -0.25) is 10.1 Å². The predicted molar refractivity (Wildman–Crippen MR) is 74.2 cm³/mol. The van der Waals surface area contributed by atoms with Crippen molar-refractivity contribution in [2.45, 2.75) is 77.9 Å². The van der Waals surface area contributed by atoms with E-state index in [1.165, 1.54) is 25.7 Å². The number of hydrogen-bond donors (Lipinski definition) is 1. The molecule has 0 bridgehead atoms. The molecule has 2 fully saturated rings. The molecule has 18 heavy (non-hydrogen) atoms. The van der Waals surface area contributed by atoms with Crippen molar-refractivity contribution < 1.29 is 4.79 Å². The Balaban J connectivity index is 1.99. The molecule has 2 atom stereocenters. The first-order chi connectivity index (χ1) is 8.65. The molecule has 1 aliphatic heterocycles. The molecular formula is C15H28N2O. The van der Waals surface area contributed by atoms with E-state index in [1.54, 1.807) is 0 Å². The average molecular weight is 252 g/mol. The van der Waals surface area contributed by atoms with Gasteiger partial charge in [-0.25, -0.2) is 0 Å². The van der Waals surface area contributed by atoms with Crippen molar-refractivity contribution >= 4 is 5.91 Å². The van der Waals surface area contributed by atoms with Crippen LogP contribution in [0.3, 0.4) is 0 Å². The van der Waals surface area contributed by atoms with E-state index in [0.717, 1.165) is 25.8 Å². The maximum atomic E-state index is 12.4. The van der Waals surface area contributed by atoms with Gasteiger partial charge >= 0.3 is 0 Å². The van der Waals surface area contributed by atoms with Crippen molar-refractivity contribution in [1.82, 2.24) is 10.2 Å². The van der Waals surface area contributed by atoms with E-state index >= 15 is 0 Å². The van der Waals surface area contributed by atoms with Crippen LogP contribution in [0.1, 0.15) is 65.7 Å². The molecule has 1 heterocycles. The summed E-state index contributed by atoms with van der Waals surface area (Å²) < 4.78 is 0. The van der Waals surface area contributed by atoms with Crippen molar-refractivity contribution in [2.24, 2.45) is 5.41 Å². The Morgan fingerprint density at radius 2 is 2.00 bits per heavy atom. The number of nitrogens with one attached hydrogen (secondary N) is 1. The summed E-state index contributed by atoms with van der Waals surface area (Å²) in [7, 11) is 0. The summed E-state index contributed by atoms with van der Waals surface area (Å²) in [6.45, 7) is 7.57. The minimum atomic E-state index is 0.0809. The van der Waals surface area contributed by atoms with Crippen LogP contribution in [0.2, 0.25) is 0 Å². The molecule has 0 aromatic heterocycles.